The number of hydrogen-bond donors (Lipinski definition) is 2. The molecular formula is C19H31FIN3OS2. The van der Waals surface area contributed by atoms with Gasteiger partial charge in [0.15, 0.2) is 5.96 Å². The van der Waals surface area contributed by atoms with E-state index < -0.39 is 10.8 Å². The number of guanidine groups is 1. The maximum atomic E-state index is 12.9. The number of rotatable bonds is 8. The van der Waals surface area contributed by atoms with E-state index in [4.69, 9.17) is 0 Å². The standard InChI is InChI=1S/C19H30FN3OS2.HI/c1-3-26(24)18-7-4-6-16(14-18)23-19(21-2)22-12-5-13-25-17-10-8-15(20)9-11-17;/h8-11,16,18H,3-7,12-14H2,1-2H3,(H2,21,22,23);1H. The zero-order valence-corrected chi connectivity index (χ0v) is 20.0. The topological polar surface area (TPSA) is 53.5 Å². The molecule has 0 saturated heterocycles. The molecule has 1 aliphatic rings. The fraction of sp³-hybridized carbons (Fsp3) is 0.632. The molecule has 8 heteroatoms. The summed E-state index contributed by atoms with van der Waals surface area (Å²) in [7, 11) is 1.08. The Morgan fingerprint density at radius 3 is 2.74 bits per heavy atom. The first-order chi connectivity index (χ1) is 12.6. The van der Waals surface area contributed by atoms with Crippen molar-refractivity contribution in [2.45, 2.75) is 55.2 Å². The second kappa shape index (κ2) is 13.8. The molecule has 0 amide bonds. The smallest absolute Gasteiger partial charge is 0.191 e. The van der Waals surface area contributed by atoms with Gasteiger partial charge in [0.05, 0.1) is 0 Å². The predicted molar refractivity (Wildman–Crippen MR) is 126 cm³/mol. The zero-order chi connectivity index (χ0) is 18.8. The van der Waals surface area contributed by atoms with Gasteiger partial charge < -0.3 is 10.6 Å². The monoisotopic (exact) mass is 527 g/mol. The molecule has 27 heavy (non-hydrogen) atoms. The second-order valence-corrected chi connectivity index (χ2v) is 9.63. The highest BCUT2D eigenvalue weighted by Gasteiger charge is 2.25. The van der Waals surface area contributed by atoms with Crippen LogP contribution in [0.25, 0.3) is 0 Å². The van der Waals surface area contributed by atoms with Crippen molar-refractivity contribution in [2.24, 2.45) is 4.99 Å². The Bertz CT molecular complexity index is 601. The number of nitrogens with zero attached hydrogens (tertiary/aromatic N) is 1. The first-order valence-electron chi connectivity index (χ1n) is 9.35. The molecule has 0 aliphatic heterocycles. The number of aliphatic imine (C=N–C) groups is 1. The van der Waals surface area contributed by atoms with Crippen molar-refractivity contribution in [1.82, 2.24) is 10.6 Å². The quantitative estimate of drug-likeness (QED) is 0.175. The lowest BCUT2D eigenvalue weighted by atomic mass is 9.95. The van der Waals surface area contributed by atoms with Gasteiger partial charge in [-0.25, -0.2) is 4.39 Å². The molecule has 0 radical (unpaired) electrons. The van der Waals surface area contributed by atoms with Gasteiger partial charge in [0.1, 0.15) is 5.82 Å². The van der Waals surface area contributed by atoms with Crippen LogP contribution in [0.3, 0.4) is 0 Å². The lowest BCUT2D eigenvalue weighted by molar-refractivity contribution is 0.413. The summed E-state index contributed by atoms with van der Waals surface area (Å²) in [4.78, 5) is 5.40. The Morgan fingerprint density at radius 2 is 2.07 bits per heavy atom. The van der Waals surface area contributed by atoms with Gasteiger partial charge in [-0.2, -0.15) is 0 Å². The molecule has 2 N–H and O–H groups in total. The Labute approximate surface area is 186 Å². The molecule has 154 valence electrons. The lowest BCUT2D eigenvalue weighted by Gasteiger charge is -2.30. The SMILES string of the molecule is CCS(=O)C1CCCC(NC(=NC)NCCCSc2ccc(F)cc2)C1.I. The highest BCUT2D eigenvalue weighted by atomic mass is 127. The van der Waals surface area contributed by atoms with Crippen molar-refractivity contribution >= 4 is 52.5 Å². The molecule has 1 aliphatic carbocycles. The van der Waals surface area contributed by atoms with Crippen LogP contribution in [0.5, 0.6) is 0 Å². The van der Waals surface area contributed by atoms with Crippen LogP contribution in [0.1, 0.15) is 39.0 Å². The van der Waals surface area contributed by atoms with E-state index in [1.807, 2.05) is 19.1 Å². The molecule has 1 saturated carbocycles. The summed E-state index contributed by atoms with van der Waals surface area (Å²) in [5.74, 6) is 2.34. The van der Waals surface area contributed by atoms with Crippen molar-refractivity contribution in [3.05, 3.63) is 30.1 Å². The van der Waals surface area contributed by atoms with E-state index in [0.717, 1.165) is 61.0 Å². The number of halogens is 2. The minimum atomic E-state index is -0.705. The van der Waals surface area contributed by atoms with Crippen LogP contribution < -0.4 is 10.6 Å². The van der Waals surface area contributed by atoms with E-state index in [9.17, 15) is 8.60 Å². The third-order valence-corrected chi connectivity index (χ3v) is 7.38. The Morgan fingerprint density at radius 1 is 1.33 bits per heavy atom. The zero-order valence-electron chi connectivity index (χ0n) is 16.1. The Kier molecular flexibility index (Phi) is 12.6. The average Bonchev–Trinajstić information content (AvgIpc) is 2.67. The molecule has 4 nitrogen and oxygen atoms in total. The Balaban J connectivity index is 0.00000364. The predicted octanol–water partition coefficient (Wildman–Crippen LogP) is 4.17. The fourth-order valence-corrected chi connectivity index (χ4v) is 5.34. The minimum Gasteiger partial charge on any atom is -0.356 e. The van der Waals surface area contributed by atoms with Crippen molar-refractivity contribution < 1.29 is 8.60 Å². The number of thioether (sulfide) groups is 1. The van der Waals surface area contributed by atoms with Crippen molar-refractivity contribution in [3.63, 3.8) is 0 Å². The summed E-state index contributed by atoms with van der Waals surface area (Å²) < 4.78 is 24.9. The molecule has 0 bridgehead atoms. The molecule has 3 atom stereocenters. The maximum absolute atomic E-state index is 12.9. The molecule has 1 fully saturated rings. The van der Waals surface area contributed by atoms with Gasteiger partial charge in [-0.15, -0.1) is 35.7 Å². The van der Waals surface area contributed by atoms with Crippen molar-refractivity contribution in [3.8, 4) is 0 Å². The summed E-state index contributed by atoms with van der Waals surface area (Å²) >= 11 is 1.73. The van der Waals surface area contributed by atoms with E-state index in [1.54, 1.807) is 18.8 Å². The van der Waals surface area contributed by atoms with E-state index in [-0.39, 0.29) is 29.8 Å². The van der Waals surface area contributed by atoms with E-state index >= 15 is 0 Å². The Hall–Kier alpha value is -0.350. The average molecular weight is 528 g/mol. The summed E-state index contributed by atoms with van der Waals surface area (Å²) in [6.45, 7) is 2.84. The fourth-order valence-electron chi connectivity index (χ4n) is 3.14. The first kappa shape index (κ1) is 24.7. The molecule has 2 rings (SSSR count). The van der Waals surface area contributed by atoms with Gasteiger partial charge in [-0.05, 0) is 55.7 Å². The van der Waals surface area contributed by atoms with Gasteiger partial charge in [-0.3, -0.25) is 9.20 Å². The van der Waals surface area contributed by atoms with Crippen LogP contribution in [-0.2, 0) is 10.8 Å². The van der Waals surface area contributed by atoms with Crippen LogP contribution in [0.15, 0.2) is 34.2 Å². The number of benzene rings is 1. The molecule has 0 aromatic heterocycles. The van der Waals surface area contributed by atoms with Crippen LogP contribution >= 0.6 is 35.7 Å². The summed E-state index contributed by atoms with van der Waals surface area (Å²) in [5, 5.41) is 7.16. The van der Waals surface area contributed by atoms with Gasteiger partial charge in [0, 0.05) is 46.3 Å². The highest BCUT2D eigenvalue weighted by molar-refractivity contribution is 14.0. The van der Waals surface area contributed by atoms with Crippen molar-refractivity contribution in [2.75, 3.05) is 25.1 Å². The van der Waals surface area contributed by atoms with Gasteiger partial charge >= 0.3 is 0 Å². The maximum Gasteiger partial charge on any atom is 0.191 e. The number of hydrogen-bond acceptors (Lipinski definition) is 3. The van der Waals surface area contributed by atoms with Crippen LogP contribution in [0.4, 0.5) is 4.39 Å². The molecule has 1 aromatic rings. The first-order valence-corrected chi connectivity index (χ1v) is 11.7. The number of nitrogens with one attached hydrogen (secondary N) is 2. The van der Waals surface area contributed by atoms with E-state index in [0.29, 0.717) is 11.3 Å². The largest absolute Gasteiger partial charge is 0.356 e. The van der Waals surface area contributed by atoms with E-state index in [1.165, 1.54) is 12.1 Å². The van der Waals surface area contributed by atoms with Crippen molar-refractivity contribution in [1.29, 1.82) is 0 Å². The third-order valence-electron chi connectivity index (χ3n) is 4.54. The highest BCUT2D eigenvalue weighted by Crippen LogP contribution is 2.23. The molecule has 1 aromatic carbocycles. The lowest BCUT2D eigenvalue weighted by Crippen LogP contribution is -2.46. The van der Waals surface area contributed by atoms with Crippen LogP contribution in [0, 0.1) is 5.82 Å². The van der Waals surface area contributed by atoms with Crippen LogP contribution in [0.2, 0.25) is 0 Å². The molecule has 3 unspecified atom stereocenters. The summed E-state index contributed by atoms with van der Waals surface area (Å²) in [6.07, 6.45) is 5.26. The van der Waals surface area contributed by atoms with E-state index in [2.05, 4.69) is 15.6 Å². The summed E-state index contributed by atoms with van der Waals surface area (Å²) in [5.41, 5.74) is 0. The van der Waals surface area contributed by atoms with Crippen LogP contribution in [-0.4, -0.2) is 46.6 Å². The normalized spacial score (nSPS) is 21.2. The molecule has 0 heterocycles. The third kappa shape index (κ3) is 9.13. The minimum absolute atomic E-state index is 0. The second-order valence-electron chi connectivity index (χ2n) is 6.45. The molecular weight excluding hydrogens is 496 g/mol. The molecule has 0 spiro atoms. The van der Waals surface area contributed by atoms with Gasteiger partial charge in [0.2, 0.25) is 0 Å². The van der Waals surface area contributed by atoms with Gasteiger partial charge in [-0.1, -0.05) is 13.3 Å². The van der Waals surface area contributed by atoms with Gasteiger partial charge in [0.25, 0.3) is 0 Å². The summed E-state index contributed by atoms with van der Waals surface area (Å²) in [6, 6.07) is 6.97.